The Balaban J connectivity index is 1.46. The Labute approximate surface area is 324 Å². The molecule has 0 radical (unpaired) electrons. The molecule has 298 valence electrons. The van der Waals surface area contributed by atoms with E-state index in [4.69, 9.17) is 23.7 Å². The number of ether oxygens (including phenoxy) is 5. The molecule has 3 aromatic rings. The summed E-state index contributed by atoms with van der Waals surface area (Å²) < 4.78 is 33.0. The van der Waals surface area contributed by atoms with Crippen molar-refractivity contribution in [2.45, 2.75) is 154 Å². The van der Waals surface area contributed by atoms with Gasteiger partial charge in [-0.15, -0.1) is 0 Å². The Morgan fingerprint density at radius 3 is 1.43 bits per heavy atom. The van der Waals surface area contributed by atoms with Crippen molar-refractivity contribution in [2.75, 3.05) is 6.61 Å². The Hall–Kier alpha value is -3.11. The van der Waals surface area contributed by atoms with Crippen LogP contribution in [0.4, 0.5) is 0 Å². The summed E-state index contributed by atoms with van der Waals surface area (Å²) in [6.45, 7) is 6.75. The number of hydrogen-bond donors (Lipinski definition) is 2. The van der Waals surface area contributed by atoms with Crippen LogP contribution in [0.25, 0.3) is 0 Å². The maximum absolute atomic E-state index is 12.4. The first kappa shape index (κ1) is 43.6. The minimum atomic E-state index is -1.00. The van der Waals surface area contributed by atoms with E-state index in [2.05, 4.69) is 13.8 Å². The summed E-state index contributed by atoms with van der Waals surface area (Å²) in [7, 11) is 0. The number of carbonyl (C=O) groups is 1. The number of benzene rings is 3. The fourth-order valence-electron chi connectivity index (χ4n) is 7.08. The lowest BCUT2D eigenvalue weighted by molar-refractivity contribution is -0.337. The SMILES string of the molecule is CC(C)CCCCCCCCCCCC[C@H](O[C@@H]1O[C@H](CO)[C@@H](OCc2ccccc2)[C@H](OCc2ccccc2)[C@H]1OCc1ccccc1)[C@@H](C)C(=O)O. The molecule has 0 aliphatic carbocycles. The smallest absolute Gasteiger partial charge is 0.308 e. The van der Waals surface area contributed by atoms with E-state index in [0.29, 0.717) is 6.42 Å². The van der Waals surface area contributed by atoms with Crippen molar-refractivity contribution in [3.63, 3.8) is 0 Å². The standard InChI is InChI=1S/C46H66O8/c1-35(2)23-15-10-8-6-4-5-7-9-11-22-30-40(36(3)45(48)49)53-46-44(52-34-39-28-20-14-21-29-39)43(51-33-38-26-18-13-19-27-38)42(41(31-47)54-46)50-32-37-24-16-12-17-25-37/h12-14,16-21,24-29,35-36,40-44,46-47H,4-11,15,22-23,30-34H2,1-3H3,(H,48,49)/t36-,40+,41-,42-,43+,44-,46-/m1/s1. The van der Waals surface area contributed by atoms with Gasteiger partial charge in [0.15, 0.2) is 6.29 Å². The maximum Gasteiger partial charge on any atom is 0.308 e. The van der Waals surface area contributed by atoms with E-state index >= 15 is 0 Å². The zero-order valence-corrected chi connectivity index (χ0v) is 32.9. The minimum Gasteiger partial charge on any atom is -0.481 e. The first-order valence-corrected chi connectivity index (χ1v) is 20.5. The van der Waals surface area contributed by atoms with Crippen LogP contribution in [-0.2, 0) is 48.3 Å². The predicted molar refractivity (Wildman–Crippen MR) is 213 cm³/mol. The zero-order chi connectivity index (χ0) is 38.4. The average Bonchev–Trinajstić information content (AvgIpc) is 3.19. The second kappa shape index (κ2) is 25.1. The van der Waals surface area contributed by atoms with E-state index in [9.17, 15) is 15.0 Å². The quantitative estimate of drug-likeness (QED) is 0.0744. The second-order valence-electron chi connectivity index (χ2n) is 15.3. The molecule has 3 aromatic carbocycles. The molecule has 0 bridgehead atoms. The molecule has 2 N–H and O–H groups in total. The molecule has 7 atom stereocenters. The summed E-state index contributed by atoms with van der Waals surface area (Å²) in [5.74, 6) is -0.906. The Morgan fingerprint density at radius 1 is 0.593 bits per heavy atom. The van der Waals surface area contributed by atoms with E-state index in [-0.39, 0.29) is 26.4 Å². The number of rotatable bonds is 27. The van der Waals surface area contributed by atoms with Gasteiger partial charge in [0.25, 0.3) is 0 Å². The van der Waals surface area contributed by atoms with Crippen LogP contribution in [0.5, 0.6) is 0 Å². The number of aliphatic hydroxyl groups excluding tert-OH is 1. The molecule has 8 heteroatoms. The molecule has 4 rings (SSSR count). The third kappa shape index (κ3) is 15.6. The predicted octanol–water partition coefficient (Wildman–Crippen LogP) is 9.90. The van der Waals surface area contributed by atoms with Gasteiger partial charge in [0.1, 0.15) is 24.4 Å². The maximum atomic E-state index is 12.4. The molecular weight excluding hydrogens is 680 g/mol. The Morgan fingerprint density at radius 2 is 1.00 bits per heavy atom. The van der Waals surface area contributed by atoms with E-state index in [0.717, 1.165) is 41.9 Å². The molecule has 1 fully saturated rings. The molecule has 0 amide bonds. The first-order valence-electron chi connectivity index (χ1n) is 20.5. The lowest BCUT2D eigenvalue weighted by Crippen LogP contribution is -2.62. The highest BCUT2D eigenvalue weighted by Crippen LogP contribution is 2.33. The lowest BCUT2D eigenvalue weighted by Gasteiger charge is -2.46. The largest absolute Gasteiger partial charge is 0.481 e. The monoisotopic (exact) mass is 746 g/mol. The van der Waals surface area contributed by atoms with Crippen LogP contribution in [0.1, 0.15) is 115 Å². The molecule has 8 nitrogen and oxygen atoms in total. The normalized spacial score (nSPS) is 21.2. The van der Waals surface area contributed by atoms with Crippen LogP contribution in [0, 0.1) is 11.8 Å². The van der Waals surface area contributed by atoms with Gasteiger partial charge in [0.2, 0.25) is 0 Å². The highest BCUT2D eigenvalue weighted by atomic mass is 16.7. The van der Waals surface area contributed by atoms with Gasteiger partial charge in [-0.25, -0.2) is 0 Å². The Kier molecular flexibility index (Phi) is 20.3. The van der Waals surface area contributed by atoms with Gasteiger partial charge in [0, 0.05) is 0 Å². The topological polar surface area (TPSA) is 104 Å². The van der Waals surface area contributed by atoms with E-state index in [1.807, 2.05) is 91.0 Å². The third-order valence-electron chi connectivity index (χ3n) is 10.4. The second-order valence-corrected chi connectivity index (χ2v) is 15.3. The molecule has 0 saturated carbocycles. The van der Waals surface area contributed by atoms with Crippen LogP contribution in [0.3, 0.4) is 0 Å². The summed E-state index contributed by atoms with van der Waals surface area (Å²) in [5.41, 5.74) is 2.92. The van der Waals surface area contributed by atoms with Crippen molar-refractivity contribution < 1.29 is 38.7 Å². The van der Waals surface area contributed by atoms with Gasteiger partial charge in [-0.1, -0.05) is 175 Å². The molecule has 54 heavy (non-hydrogen) atoms. The number of carboxylic acid groups (broad SMARTS) is 1. The molecule has 1 aliphatic rings. The van der Waals surface area contributed by atoms with Crippen molar-refractivity contribution in [3.8, 4) is 0 Å². The molecular formula is C46H66O8. The lowest BCUT2D eigenvalue weighted by atomic mass is 9.96. The van der Waals surface area contributed by atoms with Crippen molar-refractivity contribution in [1.82, 2.24) is 0 Å². The van der Waals surface area contributed by atoms with Gasteiger partial charge in [-0.05, 0) is 36.0 Å². The Bertz CT molecular complexity index is 1390. The van der Waals surface area contributed by atoms with Crippen molar-refractivity contribution >= 4 is 5.97 Å². The van der Waals surface area contributed by atoms with Gasteiger partial charge in [-0.2, -0.15) is 0 Å². The summed E-state index contributed by atoms with van der Waals surface area (Å²) in [5, 5.41) is 20.8. The van der Waals surface area contributed by atoms with Crippen LogP contribution in [0.2, 0.25) is 0 Å². The van der Waals surface area contributed by atoms with Crippen molar-refractivity contribution in [2.24, 2.45) is 11.8 Å². The van der Waals surface area contributed by atoms with Crippen LogP contribution in [0.15, 0.2) is 91.0 Å². The zero-order valence-electron chi connectivity index (χ0n) is 32.9. The number of aliphatic hydroxyl groups is 1. The van der Waals surface area contributed by atoms with Crippen LogP contribution < -0.4 is 0 Å². The summed E-state index contributed by atoms with van der Waals surface area (Å²) in [6, 6.07) is 29.6. The van der Waals surface area contributed by atoms with Crippen molar-refractivity contribution in [3.05, 3.63) is 108 Å². The van der Waals surface area contributed by atoms with Gasteiger partial charge in [-0.3, -0.25) is 4.79 Å². The van der Waals surface area contributed by atoms with Gasteiger partial charge < -0.3 is 33.9 Å². The summed E-state index contributed by atoms with van der Waals surface area (Å²) in [4.78, 5) is 12.4. The summed E-state index contributed by atoms with van der Waals surface area (Å²) >= 11 is 0. The highest BCUT2D eigenvalue weighted by Gasteiger charge is 2.50. The molecule has 1 aliphatic heterocycles. The van der Waals surface area contributed by atoms with Crippen molar-refractivity contribution in [1.29, 1.82) is 0 Å². The average molecular weight is 747 g/mol. The van der Waals surface area contributed by atoms with E-state index in [1.165, 1.54) is 51.4 Å². The molecule has 1 heterocycles. The number of aliphatic carboxylic acids is 1. The van der Waals surface area contributed by atoms with E-state index in [1.54, 1.807) is 6.92 Å². The van der Waals surface area contributed by atoms with Gasteiger partial charge in [0.05, 0.1) is 38.4 Å². The highest BCUT2D eigenvalue weighted by molar-refractivity contribution is 5.70. The van der Waals surface area contributed by atoms with Crippen LogP contribution in [-0.4, -0.2) is 59.6 Å². The minimum absolute atomic E-state index is 0.256. The number of unbranched alkanes of at least 4 members (excludes halogenated alkanes) is 9. The fraction of sp³-hybridized carbons (Fsp3) is 0.587. The van der Waals surface area contributed by atoms with Gasteiger partial charge >= 0.3 is 5.97 Å². The molecule has 0 aromatic heterocycles. The fourth-order valence-corrected chi connectivity index (χ4v) is 7.08. The van der Waals surface area contributed by atoms with E-state index < -0.39 is 48.7 Å². The third-order valence-corrected chi connectivity index (χ3v) is 10.4. The molecule has 0 spiro atoms. The molecule has 0 unspecified atom stereocenters. The number of carboxylic acids is 1. The molecule has 1 saturated heterocycles. The number of hydrogen-bond acceptors (Lipinski definition) is 7. The van der Waals surface area contributed by atoms with Crippen LogP contribution >= 0.6 is 0 Å². The first-order chi connectivity index (χ1) is 26.4. The summed E-state index contributed by atoms with van der Waals surface area (Å²) in [6.07, 6.45) is 9.28.